The highest BCUT2D eigenvalue weighted by Crippen LogP contribution is 2.46. The van der Waals surface area contributed by atoms with E-state index in [1.807, 2.05) is 175 Å². The number of nitrogens with zero attached hydrogens (tertiary/aromatic N) is 4. The van der Waals surface area contributed by atoms with Gasteiger partial charge in [-0.1, -0.05) is 159 Å². The first kappa shape index (κ1) is 87.4. The zero-order valence-electron chi connectivity index (χ0n) is 66.8. The van der Waals surface area contributed by atoms with Gasteiger partial charge in [-0.2, -0.15) is 0 Å². The Labute approximate surface area is 665 Å². The molecule has 4 unspecified atom stereocenters. The Morgan fingerprint density at radius 3 is 1.01 bits per heavy atom. The van der Waals surface area contributed by atoms with Gasteiger partial charge in [0.25, 0.3) is 40.1 Å². The number of ether oxygens (including phenoxy) is 4. The van der Waals surface area contributed by atoms with Crippen molar-refractivity contribution in [3.8, 4) is 0 Å². The second kappa shape index (κ2) is 40.5. The number of nitrogens with one attached hydrogen (secondary N) is 4. The van der Waals surface area contributed by atoms with Gasteiger partial charge in [-0.15, -0.1) is 0 Å². The van der Waals surface area contributed by atoms with Crippen LogP contribution in [0.1, 0.15) is 182 Å². The number of para-hydroxylation sites is 4. The van der Waals surface area contributed by atoms with E-state index in [9.17, 15) is 43.3 Å². The largest absolute Gasteiger partial charge is 0.466 e. The fraction of sp³-hybridized carbons (Fsp3) is 0.419. The number of methoxy groups -OCH3 is 2. The van der Waals surface area contributed by atoms with Crippen molar-refractivity contribution in [3.05, 3.63) is 237 Å². The Morgan fingerprint density at radius 1 is 0.339 bits per heavy atom. The van der Waals surface area contributed by atoms with E-state index in [0.717, 1.165) is 169 Å². The number of carbonyl (C=O) groups excluding carboxylic acids is 2. The van der Waals surface area contributed by atoms with Crippen LogP contribution in [-0.4, -0.2) is 141 Å². The summed E-state index contributed by atoms with van der Waals surface area (Å²) in [6, 6.07) is 52.2. The summed E-state index contributed by atoms with van der Waals surface area (Å²) in [7, 11) is -4.59. The molecule has 0 amide bonds. The first-order valence-electron chi connectivity index (χ1n) is 38.6. The van der Waals surface area contributed by atoms with Gasteiger partial charge in [-0.25, -0.2) is 33.7 Å². The minimum atomic E-state index is -3.63. The number of hydrogen-bond donors (Lipinski definition) is 4. The predicted molar refractivity (Wildman–Crippen MR) is 445 cm³/mol. The van der Waals surface area contributed by atoms with Crippen LogP contribution in [0.25, 0.3) is 0 Å². The lowest BCUT2D eigenvalue weighted by atomic mass is 9.95. The monoisotopic (exact) mass is 1610 g/mol. The van der Waals surface area contributed by atoms with Crippen LogP contribution in [0.5, 0.6) is 0 Å². The summed E-state index contributed by atoms with van der Waals surface area (Å²) >= 11 is 0. The molecule has 8 aromatic carbocycles. The number of hydrogen-bond acceptors (Lipinski definition) is 18. The van der Waals surface area contributed by atoms with Gasteiger partial charge >= 0.3 is 11.9 Å². The maximum Gasteiger partial charge on any atom is 0.305 e. The third-order valence-electron chi connectivity index (χ3n) is 20.6. The number of aryl methyl sites for hydroxylation is 4. The van der Waals surface area contributed by atoms with Crippen molar-refractivity contribution in [2.45, 2.75) is 162 Å². The standard InChI is InChI=1S/2C24H32N2O4S.2C19H24N2O3S/c1-4-30-22(27)16-7-5-6-10-17-25-23-19-13-8-9-15-21(19)31(28,29)26(3)24-18(2)12-11-14-20(23)24;1-4-30-23(27)13-7-5-6-10-16-25-24-19-11-8-9-12-21(19)26(3)31(28,29)22-17-18(2)14-15-20(22)24;1-14-8-6-10-16-18(20-12-7-13-24-3)15-9-4-5-11-17(15)25(22,23)21(2)19(14)16;1-14-9-10-16-18(13-14)25(22,23)21(2)17-8-5-4-7-15(17)19(16)20-11-6-12-24-3/h8-9,11-15,23,25H,4-7,10,16-17H2,1-3H3;8-9,11-12,14-15,17,24-25H,4-7,10,13,16H2,1-3H3;4-6,8-11,18,20H,7,12-13H2,1-3H3;4-5,7-10,13,19-20H,6,11-12H2,1-3H3. The van der Waals surface area contributed by atoms with Crippen LogP contribution in [0, 0.1) is 27.7 Å². The van der Waals surface area contributed by atoms with Gasteiger partial charge in [-0.05, 0) is 209 Å². The molecule has 26 heteroatoms. The van der Waals surface area contributed by atoms with E-state index in [0.29, 0.717) is 70.2 Å². The molecular formula is C86H112N8O14S4. The van der Waals surface area contributed by atoms with Gasteiger partial charge in [-0.3, -0.25) is 26.8 Å². The van der Waals surface area contributed by atoms with E-state index < -0.39 is 40.1 Å². The number of esters is 2. The van der Waals surface area contributed by atoms with Gasteiger partial charge in [0.05, 0.1) is 79.7 Å². The second-order valence-corrected chi connectivity index (χ2v) is 36.1. The van der Waals surface area contributed by atoms with Crippen molar-refractivity contribution in [2.24, 2.45) is 0 Å². The molecule has 604 valence electrons. The van der Waals surface area contributed by atoms with E-state index >= 15 is 0 Å². The predicted octanol–water partition coefficient (Wildman–Crippen LogP) is 14.4. The highest BCUT2D eigenvalue weighted by molar-refractivity contribution is 7.93. The van der Waals surface area contributed by atoms with E-state index in [1.165, 1.54) is 17.2 Å². The topological polar surface area (TPSA) is 269 Å². The Kier molecular flexibility index (Phi) is 31.6. The van der Waals surface area contributed by atoms with E-state index in [4.69, 9.17) is 18.9 Å². The van der Waals surface area contributed by atoms with Gasteiger partial charge < -0.3 is 40.2 Å². The average Bonchev–Trinajstić information content (AvgIpc) is 1.62. The van der Waals surface area contributed by atoms with Crippen molar-refractivity contribution < 1.29 is 62.2 Å². The highest BCUT2D eigenvalue weighted by Gasteiger charge is 2.40. The Hall–Kier alpha value is -8.54. The van der Waals surface area contributed by atoms with Crippen LogP contribution in [0.3, 0.4) is 0 Å². The summed E-state index contributed by atoms with van der Waals surface area (Å²) in [6.07, 6.45) is 10.1. The molecule has 0 fully saturated rings. The molecule has 0 saturated heterocycles. The number of unbranched alkanes of at least 4 members (excludes halogenated alkanes) is 6. The first-order chi connectivity index (χ1) is 53.7. The molecule has 4 aliphatic rings. The van der Waals surface area contributed by atoms with Crippen molar-refractivity contribution in [1.29, 1.82) is 0 Å². The van der Waals surface area contributed by atoms with Crippen LogP contribution in [-0.2, 0) is 68.6 Å². The SMILES string of the molecule is CCOC(=O)CCCCCCNC1c2ccccc2N(C)S(=O)(=O)c2cc(C)ccc21.CCOC(=O)CCCCCCNC1c2ccccc2S(=O)(=O)N(C)c2c(C)cccc21.COCCCNC1c2ccccc2N(C)S(=O)(=O)c2cc(C)ccc21.COCCCNC1c2ccccc2S(=O)(=O)N(C)c2c(C)cccc21. The van der Waals surface area contributed by atoms with Crippen LogP contribution >= 0.6 is 0 Å². The fourth-order valence-corrected chi connectivity index (χ4v) is 21.0. The molecule has 4 N–H and O–H groups in total. The zero-order valence-corrected chi connectivity index (χ0v) is 70.0. The molecule has 4 heterocycles. The maximum absolute atomic E-state index is 13.3. The normalized spacial score (nSPS) is 17.5. The number of fused-ring (bicyclic) bond motifs is 8. The molecule has 8 aromatic rings. The molecule has 12 rings (SSSR count). The summed E-state index contributed by atoms with van der Waals surface area (Å²) in [5.41, 5.74) is 13.6. The summed E-state index contributed by atoms with van der Waals surface area (Å²) < 4.78 is 131. The minimum Gasteiger partial charge on any atom is -0.466 e. The van der Waals surface area contributed by atoms with Crippen LogP contribution in [0.4, 0.5) is 22.7 Å². The number of carbonyl (C=O) groups is 2. The van der Waals surface area contributed by atoms with Crippen molar-refractivity contribution in [2.75, 3.05) is 112 Å². The molecule has 0 saturated carbocycles. The van der Waals surface area contributed by atoms with Crippen molar-refractivity contribution in [3.63, 3.8) is 0 Å². The summed E-state index contributed by atoms with van der Waals surface area (Å²) in [5.74, 6) is -0.263. The quantitative estimate of drug-likeness (QED) is 0.0262. The van der Waals surface area contributed by atoms with E-state index in [2.05, 4.69) is 21.3 Å². The van der Waals surface area contributed by atoms with Crippen molar-refractivity contribution >= 4 is 74.8 Å². The lowest BCUT2D eigenvalue weighted by Crippen LogP contribution is -2.27. The summed E-state index contributed by atoms with van der Waals surface area (Å²) in [5, 5.41) is 14.2. The van der Waals surface area contributed by atoms with Gasteiger partial charge in [0.2, 0.25) is 0 Å². The van der Waals surface area contributed by atoms with Crippen LogP contribution in [0.15, 0.2) is 189 Å². The third kappa shape index (κ3) is 20.5. The van der Waals surface area contributed by atoms with Crippen LogP contribution in [0.2, 0.25) is 0 Å². The smallest absolute Gasteiger partial charge is 0.305 e. The molecule has 0 spiro atoms. The first-order valence-corrected chi connectivity index (χ1v) is 44.4. The zero-order chi connectivity index (χ0) is 80.9. The van der Waals surface area contributed by atoms with Crippen LogP contribution < -0.4 is 38.5 Å². The molecule has 0 radical (unpaired) electrons. The van der Waals surface area contributed by atoms with E-state index in [-0.39, 0.29) is 36.1 Å². The number of benzene rings is 8. The van der Waals surface area contributed by atoms with Gasteiger partial charge in [0, 0.05) is 68.5 Å². The Morgan fingerprint density at radius 2 is 0.643 bits per heavy atom. The summed E-state index contributed by atoms with van der Waals surface area (Å²) in [4.78, 5) is 24.3. The second-order valence-electron chi connectivity index (χ2n) is 28.4. The molecule has 112 heavy (non-hydrogen) atoms. The number of rotatable bonds is 28. The average molecular weight is 1610 g/mol. The third-order valence-corrected chi connectivity index (χ3v) is 27.9. The lowest BCUT2D eigenvalue weighted by Gasteiger charge is -2.24. The molecule has 4 atom stereocenters. The molecule has 4 aliphatic heterocycles. The fourth-order valence-electron chi connectivity index (χ4n) is 14.9. The maximum atomic E-state index is 13.3. The molecule has 22 nitrogen and oxygen atoms in total. The number of sulfonamides is 4. The molecule has 0 aliphatic carbocycles. The number of anilines is 4. The van der Waals surface area contributed by atoms with Gasteiger partial charge in [0.15, 0.2) is 0 Å². The van der Waals surface area contributed by atoms with E-state index in [1.54, 1.807) is 78.8 Å². The Bertz CT molecular complexity index is 5010. The molecule has 0 aromatic heterocycles. The van der Waals surface area contributed by atoms with Gasteiger partial charge in [0.1, 0.15) is 0 Å². The highest BCUT2D eigenvalue weighted by atomic mass is 32.2. The molecule has 0 bridgehead atoms. The lowest BCUT2D eigenvalue weighted by molar-refractivity contribution is -0.144. The van der Waals surface area contributed by atoms with Crippen molar-refractivity contribution in [1.82, 2.24) is 21.3 Å². The Balaban J connectivity index is 0.000000172. The minimum absolute atomic E-state index is 0.131. The molecular weight excluding hydrogens is 1500 g/mol. The summed E-state index contributed by atoms with van der Waals surface area (Å²) in [6.45, 7) is 16.5.